The van der Waals surface area contributed by atoms with Crippen molar-refractivity contribution in [3.8, 4) is 0 Å². The first kappa shape index (κ1) is 16.1. The van der Waals surface area contributed by atoms with Crippen molar-refractivity contribution in [2.75, 3.05) is 4.90 Å². The van der Waals surface area contributed by atoms with Gasteiger partial charge in [0.1, 0.15) is 6.04 Å². The first-order valence-corrected chi connectivity index (χ1v) is 7.51. The van der Waals surface area contributed by atoms with Gasteiger partial charge in [-0.3, -0.25) is 0 Å². The van der Waals surface area contributed by atoms with Crippen molar-refractivity contribution in [2.24, 2.45) is 0 Å². The van der Waals surface area contributed by atoms with Crippen LogP contribution < -0.4 is 4.90 Å². The van der Waals surface area contributed by atoms with Crippen LogP contribution in [0.5, 0.6) is 0 Å². The van der Waals surface area contributed by atoms with E-state index in [0.717, 1.165) is 22.4 Å². The number of carbonyl (C=O) groups is 1. The Hall–Kier alpha value is -2.29. The van der Waals surface area contributed by atoms with Crippen molar-refractivity contribution in [2.45, 2.75) is 40.3 Å². The molecule has 0 aliphatic rings. The van der Waals surface area contributed by atoms with E-state index in [2.05, 4.69) is 19.1 Å². The van der Waals surface area contributed by atoms with E-state index in [4.69, 9.17) is 0 Å². The zero-order chi connectivity index (χ0) is 16.3. The highest BCUT2D eigenvalue weighted by Gasteiger charge is 2.24. The van der Waals surface area contributed by atoms with Gasteiger partial charge in [0.15, 0.2) is 0 Å². The molecule has 2 aromatic rings. The summed E-state index contributed by atoms with van der Waals surface area (Å²) in [5.41, 5.74) is 5.55. The number of hydrogen-bond donors (Lipinski definition) is 1. The van der Waals surface area contributed by atoms with Gasteiger partial charge in [-0.15, -0.1) is 0 Å². The maximum atomic E-state index is 11.6. The van der Waals surface area contributed by atoms with Crippen molar-refractivity contribution in [3.05, 3.63) is 64.7 Å². The molecule has 0 aromatic heterocycles. The number of carboxylic acids is 1. The number of carboxylic acid groups (broad SMARTS) is 1. The van der Waals surface area contributed by atoms with Gasteiger partial charge in [-0.05, 0) is 44.4 Å². The van der Waals surface area contributed by atoms with Crippen LogP contribution in [0.3, 0.4) is 0 Å². The Kier molecular flexibility index (Phi) is 4.86. The number of rotatable bonds is 5. The lowest BCUT2D eigenvalue weighted by Crippen LogP contribution is -2.39. The molecule has 3 nitrogen and oxygen atoms in total. The van der Waals surface area contributed by atoms with Crippen molar-refractivity contribution < 1.29 is 9.90 Å². The smallest absolute Gasteiger partial charge is 0.326 e. The molecule has 0 saturated heterocycles. The number of nitrogens with zero attached hydrogens (tertiary/aromatic N) is 1. The highest BCUT2D eigenvalue weighted by Crippen LogP contribution is 2.29. The van der Waals surface area contributed by atoms with Crippen molar-refractivity contribution in [1.82, 2.24) is 0 Å². The molecule has 0 amide bonds. The summed E-state index contributed by atoms with van der Waals surface area (Å²) in [6.07, 6.45) is 0. The molecule has 0 radical (unpaired) electrons. The van der Waals surface area contributed by atoms with E-state index in [-0.39, 0.29) is 0 Å². The quantitative estimate of drug-likeness (QED) is 0.903. The minimum atomic E-state index is -0.810. The fraction of sp³-hybridized carbons (Fsp3) is 0.316. The summed E-state index contributed by atoms with van der Waals surface area (Å²) < 4.78 is 0. The molecule has 2 rings (SSSR count). The van der Waals surface area contributed by atoms with Crippen molar-refractivity contribution in [1.29, 1.82) is 0 Å². The molecule has 0 saturated carbocycles. The molecular formula is C19H23NO2. The van der Waals surface area contributed by atoms with Gasteiger partial charge in [0.2, 0.25) is 0 Å². The Bertz CT molecular complexity index is 641. The third kappa shape index (κ3) is 3.48. The number of aryl methyl sites for hydroxylation is 3. The molecule has 116 valence electrons. The summed E-state index contributed by atoms with van der Waals surface area (Å²) in [7, 11) is 0. The minimum absolute atomic E-state index is 0.582. The number of aliphatic carboxylic acids is 1. The van der Waals surface area contributed by atoms with Crippen LogP contribution in [0, 0.1) is 20.8 Å². The van der Waals surface area contributed by atoms with Crippen molar-refractivity contribution >= 4 is 11.7 Å². The molecule has 0 fully saturated rings. The topological polar surface area (TPSA) is 40.5 Å². The minimum Gasteiger partial charge on any atom is -0.480 e. The molecule has 0 heterocycles. The Balaban J connectivity index is 2.47. The van der Waals surface area contributed by atoms with Gasteiger partial charge in [0, 0.05) is 12.2 Å². The van der Waals surface area contributed by atoms with Crippen molar-refractivity contribution in [3.63, 3.8) is 0 Å². The summed E-state index contributed by atoms with van der Waals surface area (Å²) >= 11 is 0. The Morgan fingerprint density at radius 1 is 1.09 bits per heavy atom. The van der Waals surface area contributed by atoms with E-state index in [9.17, 15) is 9.90 Å². The summed E-state index contributed by atoms with van der Waals surface area (Å²) in [4.78, 5) is 13.5. The highest BCUT2D eigenvalue weighted by atomic mass is 16.4. The standard InChI is InChI=1S/C19H23NO2/c1-13-10-14(2)18(15(3)11-13)20(16(4)19(21)22)12-17-8-6-5-7-9-17/h5-11,16H,12H2,1-4H3,(H,21,22)/t16-/m0/s1. The summed E-state index contributed by atoms with van der Waals surface area (Å²) in [6, 6.07) is 13.6. The predicted molar refractivity (Wildman–Crippen MR) is 90.4 cm³/mol. The van der Waals surface area contributed by atoms with E-state index < -0.39 is 12.0 Å². The molecule has 3 heteroatoms. The highest BCUT2D eigenvalue weighted by molar-refractivity contribution is 5.79. The molecular weight excluding hydrogens is 274 g/mol. The second-order valence-electron chi connectivity index (χ2n) is 5.88. The van der Waals surface area contributed by atoms with Crippen LogP contribution in [-0.2, 0) is 11.3 Å². The lowest BCUT2D eigenvalue weighted by molar-refractivity contribution is -0.138. The van der Waals surface area contributed by atoms with Gasteiger partial charge < -0.3 is 10.0 Å². The van der Waals surface area contributed by atoms with Gasteiger partial charge in [0.05, 0.1) is 0 Å². The third-order valence-corrected chi connectivity index (χ3v) is 3.94. The molecule has 0 unspecified atom stereocenters. The molecule has 1 atom stereocenters. The van der Waals surface area contributed by atoms with Crippen LogP contribution in [0.1, 0.15) is 29.2 Å². The lowest BCUT2D eigenvalue weighted by Gasteiger charge is -2.32. The Morgan fingerprint density at radius 3 is 2.14 bits per heavy atom. The summed E-state index contributed by atoms with van der Waals surface area (Å²) in [5, 5.41) is 9.49. The fourth-order valence-corrected chi connectivity index (χ4v) is 2.95. The maximum absolute atomic E-state index is 11.6. The molecule has 0 aliphatic heterocycles. The Labute approximate surface area is 132 Å². The van der Waals surface area contributed by atoms with E-state index in [1.54, 1.807) is 6.92 Å². The van der Waals surface area contributed by atoms with Crippen LogP contribution in [0.2, 0.25) is 0 Å². The average molecular weight is 297 g/mol. The van der Waals surface area contributed by atoms with E-state index >= 15 is 0 Å². The third-order valence-electron chi connectivity index (χ3n) is 3.94. The second kappa shape index (κ2) is 6.65. The Morgan fingerprint density at radius 2 is 1.64 bits per heavy atom. The van der Waals surface area contributed by atoms with Crippen LogP contribution >= 0.6 is 0 Å². The largest absolute Gasteiger partial charge is 0.480 e. The van der Waals surface area contributed by atoms with Gasteiger partial charge in [0.25, 0.3) is 0 Å². The first-order valence-electron chi connectivity index (χ1n) is 7.51. The maximum Gasteiger partial charge on any atom is 0.326 e. The molecule has 22 heavy (non-hydrogen) atoms. The molecule has 0 spiro atoms. The number of anilines is 1. The zero-order valence-electron chi connectivity index (χ0n) is 13.6. The monoisotopic (exact) mass is 297 g/mol. The number of benzene rings is 2. The zero-order valence-corrected chi connectivity index (χ0v) is 13.6. The van der Waals surface area contributed by atoms with Crippen LogP contribution in [0.4, 0.5) is 5.69 Å². The first-order chi connectivity index (χ1) is 10.4. The van der Waals surface area contributed by atoms with Gasteiger partial charge in [-0.25, -0.2) is 4.79 Å². The molecule has 0 bridgehead atoms. The van der Waals surface area contributed by atoms with Gasteiger partial charge in [-0.1, -0.05) is 48.0 Å². The lowest BCUT2D eigenvalue weighted by atomic mass is 10.0. The summed E-state index contributed by atoms with van der Waals surface area (Å²) in [5.74, 6) is -0.810. The van der Waals surface area contributed by atoms with E-state index in [1.165, 1.54) is 5.56 Å². The van der Waals surface area contributed by atoms with Gasteiger partial charge in [-0.2, -0.15) is 0 Å². The van der Waals surface area contributed by atoms with Crippen LogP contribution in [-0.4, -0.2) is 17.1 Å². The van der Waals surface area contributed by atoms with Gasteiger partial charge >= 0.3 is 5.97 Å². The summed E-state index contributed by atoms with van der Waals surface area (Å²) in [6.45, 7) is 8.47. The van der Waals surface area contributed by atoms with Crippen LogP contribution in [0.25, 0.3) is 0 Å². The predicted octanol–water partition coefficient (Wildman–Crippen LogP) is 4.09. The molecule has 2 aromatic carbocycles. The fourth-order valence-electron chi connectivity index (χ4n) is 2.95. The molecule has 1 N–H and O–H groups in total. The average Bonchev–Trinajstić information content (AvgIpc) is 2.45. The van der Waals surface area contributed by atoms with E-state index in [0.29, 0.717) is 6.54 Å². The second-order valence-corrected chi connectivity index (χ2v) is 5.88. The SMILES string of the molecule is Cc1cc(C)c(N(Cc2ccccc2)[C@@H](C)C(=O)O)c(C)c1. The van der Waals surface area contributed by atoms with E-state index in [1.807, 2.05) is 49.1 Å². The molecule has 0 aliphatic carbocycles. The number of hydrogen-bond acceptors (Lipinski definition) is 2. The van der Waals surface area contributed by atoms with Crippen LogP contribution in [0.15, 0.2) is 42.5 Å². The normalized spacial score (nSPS) is 12.0.